The van der Waals surface area contributed by atoms with Crippen molar-refractivity contribution in [2.45, 2.75) is 51.7 Å². The van der Waals surface area contributed by atoms with Gasteiger partial charge in [0.25, 0.3) is 0 Å². The van der Waals surface area contributed by atoms with Crippen molar-refractivity contribution in [2.24, 2.45) is 4.99 Å². The molecule has 1 aliphatic rings. The van der Waals surface area contributed by atoms with Crippen LogP contribution in [0.3, 0.4) is 0 Å². The van der Waals surface area contributed by atoms with Crippen LogP contribution in [0.5, 0.6) is 11.5 Å². The topological polar surface area (TPSA) is 67.8 Å². The summed E-state index contributed by atoms with van der Waals surface area (Å²) in [4.78, 5) is 8.67. The lowest BCUT2D eigenvalue weighted by Gasteiger charge is -2.19. The largest absolute Gasteiger partial charge is 0.497 e. The van der Waals surface area contributed by atoms with Crippen LogP contribution in [0.4, 0.5) is 0 Å². The molecule has 6 heteroatoms. The third-order valence-corrected chi connectivity index (χ3v) is 5.22. The van der Waals surface area contributed by atoms with Crippen molar-refractivity contribution in [1.82, 2.24) is 15.6 Å². The van der Waals surface area contributed by atoms with E-state index in [2.05, 4.69) is 32.7 Å². The van der Waals surface area contributed by atoms with Gasteiger partial charge in [-0.15, -0.1) is 0 Å². The summed E-state index contributed by atoms with van der Waals surface area (Å²) in [7, 11) is 3.47. The van der Waals surface area contributed by atoms with E-state index in [-0.39, 0.29) is 0 Å². The lowest BCUT2D eigenvalue weighted by molar-refractivity contribution is 0.207. The minimum atomic E-state index is 0.307. The van der Waals surface area contributed by atoms with Crippen LogP contribution in [0.15, 0.2) is 41.5 Å². The molecule has 1 heterocycles. The van der Waals surface area contributed by atoms with Crippen molar-refractivity contribution in [1.29, 1.82) is 0 Å². The molecule has 3 rings (SSSR count). The van der Waals surface area contributed by atoms with Crippen LogP contribution in [-0.2, 0) is 13.0 Å². The quantitative estimate of drug-likeness (QED) is 0.527. The van der Waals surface area contributed by atoms with Crippen LogP contribution in [0.25, 0.3) is 0 Å². The Morgan fingerprint density at radius 2 is 2.00 bits per heavy atom. The molecule has 0 radical (unpaired) electrons. The SMILES string of the molecule is CN=C(NCCc1ccc(C)nc1)NCc1ccc(OC)cc1OC1CCCC1. The predicted molar refractivity (Wildman–Crippen MR) is 117 cm³/mol. The van der Waals surface area contributed by atoms with Gasteiger partial charge in [0, 0.05) is 43.7 Å². The Bertz CT molecular complexity index is 799. The fraction of sp³-hybridized carbons (Fsp3) is 0.478. The monoisotopic (exact) mass is 396 g/mol. The summed E-state index contributed by atoms with van der Waals surface area (Å²) in [6.07, 6.45) is 7.87. The standard InChI is InChI=1S/C23H32N4O2/c1-17-8-9-18(15-26-17)12-13-25-23(24-2)27-16-19-10-11-21(28-3)14-22(19)29-20-6-4-5-7-20/h8-11,14-15,20H,4-7,12-13,16H2,1-3H3,(H2,24,25,27). The van der Waals surface area contributed by atoms with Gasteiger partial charge in [0.05, 0.1) is 13.2 Å². The molecular weight excluding hydrogens is 364 g/mol. The van der Waals surface area contributed by atoms with E-state index in [1.54, 1.807) is 14.2 Å². The molecule has 0 spiro atoms. The Kier molecular flexibility index (Phi) is 7.73. The molecule has 0 unspecified atom stereocenters. The van der Waals surface area contributed by atoms with Gasteiger partial charge in [-0.1, -0.05) is 6.07 Å². The first-order chi connectivity index (χ1) is 14.2. The summed E-state index contributed by atoms with van der Waals surface area (Å²) in [5, 5.41) is 6.75. The van der Waals surface area contributed by atoms with Crippen molar-refractivity contribution in [3.8, 4) is 11.5 Å². The van der Waals surface area contributed by atoms with E-state index in [9.17, 15) is 0 Å². The van der Waals surface area contributed by atoms with Gasteiger partial charge in [-0.05, 0) is 62.8 Å². The molecule has 1 aromatic heterocycles. The van der Waals surface area contributed by atoms with Crippen LogP contribution in [0.2, 0.25) is 0 Å². The number of guanidine groups is 1. The van der Waals surface area contributed by atoms with Crippen LogP contribution in [-0.4, -0.2) is 37.7 Å². The maximum absolute atomic E-state index is 6.28. The minimum Gasteiger partial charge on any atom is -0.497 e. The van der Waals surface area contributed by atoms with Gasteiger partial charge < -0.3 is 20.1 Å². The van der Waals surface area contributed by atoms with Crippen molar-refractivity contribution in [3.63, 3.8) is 0 Å². The van der Waals surface area contributed by atoms with Gasteiger partial charge >= 0.3 is 0 Å². The molecule has 156 valence electrons. The number of aryl methyl sites for hydroxylation is 1. The van der Waals surface area contributed by atoms with Gasteiger partial charge in [-0.2, -0.15) is 0 Å². The summed E-state index contributed by atoms with van der Waals surface area (Å²) in [5.74, 6) is 2.48. The number of rotatable bonds is 8. The van der Waals surface area contributed by atoms with E-state index in [0.29, 0.717) is 12.6 Å². The van der Waals surface area contributed by atoms with E-state index in [1.165, 1.54) is 18.4 Å². The Labute approximate surface area is 173 Å². The molecular formula is C23H32N4O2. The van der Waals surface area contributed by atoms with Gasteiger partial charge in [0.1, 0.15) is 11.5 Å². The number of ether oxygens (including phenoxy) is 2. The fourth-order valence-corrected chi connectivity index (χ4v) is 3.47. The number of methoxy groups -OCH3 is 1. The maximum atomic E-state index is 6.28. The molecule has 29 heavy (non-hydrogen) atoms. The van der Waals surface area contributed by atoms with Gasteiger partial charge in [0.2, 0.25) is 0 Å². The second kappa shape index (κ2) is 10.7. The summed E-state index contributed by atoms with van der Waals surface area (Å²) in [6.45, 7) is 3.42. The average Bonchev–Trinajstić information content (AvgIpc) is 3.25. The lowest BCUT2D eigenvalue weighted by atomic mass is 10.1. The fourth-order valence-electron chi connectivity index (χ4n) is 3.47. The van der Waals surface area contributed by atoms with Gasteiger partial charge in [-0.3, -0.25) is 9.98 Å². The first-order valence-electron chi connectivity index (χ1n) is 10.4. The maximum Gasteiger partial charge on any atom is 0.191 e. The Morgan fingerprint density at radius 3 is 2.69 bits per heavy atom. The molecule has 1 aromatic carbocycles. The van der Waals surface area contributed by atoms with Crippen LogP contribution in [0.1, 0.15) is 42.5 Å². The molecule has 0 bridgehead atoms. The third kappa shape index (κ3) is 6.38. The van der Waals surface area contributed by atoms with E-state index < -0.39 is 0 Å². The molecule has 0 atom stereocenters. The highest BCUT2D eigenvalue weighted by molar-refractivity contribution is 5.79. The molecule has 2 N–H and O–H groups in total. The zero-order valence-electron chi connectivity index (χ0n) is 17.7. The number of hydrogen-bond acceptors (Lipinski definition) is 4. The number of nitrogens with one attached hydrogen (secondary N) is 2. The smallest absolute Gasteiger partial charge is 0.191 e. The molecule has 1 saturated carbocycles. The predicted octanol–water partition coefficient (Wildman–Crippen LogP) is 3.63. The molecule has 1 aliphatic carbocycles. The first kappa shape index (κ1) is 21.0. The van der Waals surface area contributed by atoms with E-state index in [1.807, 2.05) is 31.3 Å². The van der Waals surface area contributed by atoms with Crippen LogP contribution in [0, 0.1) is 6.92 Å². The third-order valence-electron chi connectivity index (χ3n) is 5.22. The molecule has 2 aromatic rings. The summed E-state index contributed by atoms with van der Waals surface area (Å²) in [6, 6.07) is 10.2. The second-order valence-electron chi connectivity index (χ2n) is 7.41. The Morgan fingerprint density at radius 1 is 1.17 bits per heavy atom. The number of hydrogen-bond donors (Lipinski definition) is 2. The molecule has 1 fully saturated rings. The van der Waals surface area contributed by atoms with Crippen LogP contribution < -0.4 is 20.1 Å². The summed E-state index contributed by atoms with van der Waals surface area (Å²) >= 11 is 0. The van der Waals surface area contributed by atoms with Crippen molar-refractivity contribution in [2.75, 3.05) is 20.7 Å². The normalized spacial score (nSPS) is 14.7. The zero-order valence-corrected chi connectivity index (χ0v) is 17.7. The zero-order chi connectivity index (χ0) is 20.5. The van der Waals surface area contributed by atoms with Gasteiger partial charge in [-0.25, -0.2) is 0 Å². The van der Waals surface area contributed by atoms with Crippen molar-refractivity contribution >= 4 is 5.96 Å². The van der Waals surface area contributed by atoms with Crippen molar-refractivity contribution < 1.29 is 9.47 Å². The molecule has 0 aliphatic heterocycles. The summed E-state index contributed by atoms with van der Waals surface area (Å²) < 4.78 is 11.7. The molecule has 6 nitrogen and oxygen atoms in total. The Balaban J connectivity index is 1.54. The highest BCUT2D eigenvalue weighted by Crippen LogP contribution is 2.29. The molecule has 0 saturated heterocycles. The van der Waals surface area contributed by atoms with Gasteiger partial charge in [0.15, 0.2) is 5.96 Å². The number of aliphatic imine (C=N–C) groups is 1. The van der Waals surface area contributed by atoms with E-state index in [0.717, 1.165) is 54.5 Å². The number of nitrogens with zero attached hydrogens (tertiary/aromatic N) is 2. The number of aromatic nitrogens is 1. The lowest BCUT2D eigenvalue weighted by Crippen LogP contribution is -2.38. The highest BCUT2D eigenvalue weighted by atomic mass is 16.5. The number of pyridine rings is 1. The first-order valence-corrected chi connectivity index (χ1v) is 10.4. The average molecular weight is 397 g/mol. The van der Waals surface area contributed by atoms with Crippen molar-refractivity contribution in [3.05, 3.63) is 53.3 Å². The number of benzene rings is 1. The molecule has 0 amide bonds. The highest BCUT2D eigenvalue weighted by Gasteiger charge is 2.18. The van der Waals surface area contributed by atoms with Crippen LogP contribution >= 0.6 is 0 Å². The summed E-state index contributed by atoms with van der Waals surface area (Å²) in [5.41, 5.74) is 3.35. The minimum absolute atomic E-state index is 0.307. The van der Waals surface area contributed by atoms with E-state index >= 15 is 0 Å². The Hall–Kier alpha value is -2.76. The van der Waals surface area contributed by atoms with E-state index in [4.69, 9.17) is 9.47 Å². The second-order valence-corrected chi connectivity index (χ2v) is 7.41.